The summed E-state index contributed by atoms with van der Waals surface area (Å²) in [7, 11) is 1.67. The molecule has 0 radical (unpaired) electrons. The molecule has 3 aliphatic carbocycles. The van der Waals surface area contributed by atoms with Crippen LogP contribution in [-0.2, 0) is 9.59 Å². The molecular weight excluding hydrogens is 447 g/mol. The number of nitrogens with zero attached hydrogens (tertiary/aromatic N) is 2. The first-order valence-electron chi connectivity index (χ1n) is 9.23. The zero-order valence-corrected chi connectivity index (χ0v) is 17.3. The molecule has 4 unspecified atom stereocenters. The fourth-order valence-corrected chi connectivity index (χ4v) is 4.70. The van der Waals surface area contributed by atoms with Gasteiger partial charge in [-0.05, 0) is 37.5 Å². The quantitative estimate of drug-likeness (QED) is 0.177. The number of likely N-dealkylation sites (tertiary alicyclic amines) is 1. The third-order valence-electron chi connectivity index (χ3n) is 6.28. The van der Waals surface area contributed by atoms with Gasteiger partial charge in [-0.25, -0.2) is 0 Å². The second-order valence-electron chi connectivity index (χ2n) is 7.76. The van der Waals surface area contributed by atoms with E-state index >= 15 is 0 Å². The fraction of sp³-hybridized carbons (Fsp3) is 0.722. The number of hydrogen-bond acceptors (Lipinski definition) is 4. The molecule has 7 nitrogen and oxygen atoms in total. The van der Waals surface area contributed by atoms with E-state index in [1.165, 1.54) is 4.90 Å². The molecule has 0 aromatic heterocycles. The Balaban J connectivity index is 0.00000196. The molecule has 4 rings (SSSR count). The van der Waals surface area contributed by atoms with E-state index in [9.17, 15) is 14.7 Å². The maximum atomic E-state index is 12.6. The summed E-state index contributed by atoms with van der Waals surface area (Å²) in [4.78, 5) is 30.7. The van der Waals surface area contributed by atoms with Gasteiger partial charge in [-0.3, -0.25) is 19.5 Å². The number of carbonyl (C=O) groups excluding carboxylic acids is 2. The molecule has 8 heteroatoms. The largest absolute Gasteiger partial charge is 0.388 e. The number of amides is 2. The van der Waals surface area contributed by atoms with Gasteiger partial charge >= 0.3 is 0 Å². The first kappa shape index (κ1) is 19.6. The molecule has 4 aliphatic rings. The Kier molecular flexibility index (Phi) is 5.62. The minimum atomic E-state index is -0.623. The zero-order chi connectivity index (χ0) is 17.6. The number of guanidine groups is 1. The molecule has 4 atom stereocenters. The molecule has 2 amide bonds. The van der Waals surface area contributed by atoms with Gasteiger partial charge < -0.3 is 15.7 Å². The SMILES string of the molecule is CN=C(NCCN1C(=O)C2C3C=CC(C3)C2C1=O)NCC1(O)CCC1.I. The Hall–Kier alpha value is -1.16. The second kappa shape index (κ2) is 7.46. The molecule has 3 fully saturated rings. The Morgan fingerprint density at radius 3 is 2.35 bits per heavy atom. The highest BCUT2D eigenvalue weighted by molar-refractivity contribution is 14.0. The highest BCUT2D eigenvalue weighted by Crippen LogP contribution is 2.52. The number of nitrogens with one attached hydrogen (secondary N) is 2. The van der Waals surface area contributed by atoms with Crippen LogP contribution in [0.3, 0.4) is 0 Å². The summed E-state index contributed by atoms with van der Waals surface area (Å²) in [5, 5.41) is 16.4. The van der Waals surface area contributed by atoms with E-state index in [0.717, 1.165) is 25.7 Å². The third kappa shape index (κ3) is 3.26. The molecule has 2 bridgehead atoms. The van der Waals surface area contributed by atoms with Crippen molar-refractivity contribution in [3.63, 3.8) is 0 Å². The van der Waals surface area contributed by atoms with Crippen molar-refractivity contribution in [2.45, 2.75) is 31.3 Å². The van der Waals surface area contributed by atoms with Crippen LogP contribution in [0.4, 0.5) is 0 Å². The molecule has 1 aliphatic heterocycles. The van der Waals surface area contributed by atoms with Gasteiger partial charge in [0.2, 0.25) is 11.8 Å². The molecule has 0 aromatic carbocycles. The van der Waals surface area contributed by atoms with Crippen molar-refractivity contribution in [1.82, 2.24) is 15.5 Å². The molecule has 0 spiro atoms. The molecule has 1 heterocycles. The van der Waals surface area contributed by atoms with Crippen molar-refractivity contribution in [1.29, 1.82) is 0 Å². The summed E-state index contributed by atoms with van der Waals surface area (Å²) in [6, 6.07) is 0. The summed E-state index contributed by atoms with van der Waals surface area (Å²) < 4.78 is 0. The van der Waals surface area contributed by atoms with Gasteiger partial charge in [-0.1, -0.05) is 12.2 Å². The van der Waals surface area contributed by atoms with Crippen molar-refractivity contribution in [3.05, 3.63) is 12.2 Å². The average molecular weight is 474 g/mol. The third-order valence-corrected chi connectivity index (χ3v) is 6.28. The van der Waals surface area contributed by atoms with E-state index in [2.05, 4.69) is 27.8 Å². The van der Waals surface area contributed by atoms with Gasteiger partial charge in [0.25, 0.3) is 0 Å². The van der Waals surface area contributed by atoms with Crippen LogP contribution in [0.5, 0.6) is 0 Å². The Bertz CT molecular complexity index is 616. The lowest BCUT2D eigenvalue weighted by molar-refractivity contribution is -0.140. The zero-order valence-electron chi connectivity index (χ0n) is 15.0. The van der Waals surface area contributed by atoms with Crippen LogP contribution >= 0.6 is 24.0 Å². The average Bonchev–Trinajstić information content (AvgIpc) is 3.25. The van der Waals surface area contributed by atoms with Crippen LogP contribution in [0.1, 0.15) is 25.7 Å². The summed E-state index contributed by atoms with van der Waals surface area (Å²) in [6.45, 7) is 1.28. The number of carbonyl (C=O) groups is 2. The Labute approximate surface area is 170 Å². The number of halogens is 1. The van der Waals surface area contributed by atoms with E-state index in [4.69, 9.17) is 0 Å². The van der Waals surface area contributed by atoms with Crippen molar-refractivity contribution < 1.29 is 14.7 Å². The van der Waals surface area contributed by atoms with Gasteiger partial charge in [0.15, 0.2) is 5.96 Å². The van der Waals surface area contributed by atoms with Crippen molar-refractivity contribution >= 4 is 41.8 Å². The lowest BCUT2D eigenvalue weighted by atomic mass is 9.80. The van der Waals surface area contributed by atoms with Gasteiger partial charge in [0.1, 0.15) is 0 Å². The van der Waals surface area contributed by atoms with Gasteiger partial charge in [0.05, 0.1) is 17.4 Å². The molecule has 0 aromatic rings. The lowest BCUT2D eigenvalue weighted by Gasteiger charge is -2.37. The maximum Gasteiger partial charge on any atom is 0.233 e. The van der Waals surface area contributed by atoms with E-state index < -0.39 is 5.60 Å². The van der Waals surface area contributed by atoms with E-state index in [1.54, 1.807) is 7.05 Å². The number of fused-ring (bicyclic) bond motifs is 5. The summed E-state index contributed by atoms with van der Waals surface area (Å²) in [6.07, 6.45) is 7.85. The number of allylic oxidation sites excluding steroid dienone is 2. The predicted molar refractivity (Wildman–Crippen MR) is 108 cm³/mol. The monoisotopic (exact) mass is 474 g/mol. The van der Waals surface area contributed by atoms with Crippen LogP contribution in [0.25, 0.3) is 0 Å². The van der Waals surface area contributed by atoms with Crippen molar-refractivity contribution in [2.24, 2.45) is 28.7 Å². The predicted octanol–water partition coefficient (Wildman–Crippen LogP) is 0.491. The minimum Gasteiger partial charge on any atom is -0.388 e. The normalized spacial score (nSPS) is 33.8. The first-order valence-corrected chi connectivity index (χ1v) is 9.23. The van der Waals surface area contributed by atoms with E-state index in [0.29, 0.717) is 25.6 Å². The topological polar surface area (TPSA) is 94.0 Å². The maximum absolute atomic E-state index is 12.6. The van der Waals surface area contributed by atoms with Crippen LogP contribution in [0, 0.1) is 23.7 Å². The highest BCUT2D eigenvalue weighted by Gasteiger charge is 2.58. The minimum absolute atomic E-state index is 0. The van der Waals surface area contributed by atoms with Gasteiger partial charge in [-0.15, -0.1) is 24.0 Å². The number of hydrogen-bond donors (Lipinski definition) is 3. The van der Waals surface area contributed by atoms with Crippen LogP contribution in [0.2, 0.25) is 0 Å². The number of aliphatic imine (C=N–C) groups is 1. The van der Waals surface area contributed by atoms with Crippen LogP contribution in [0.15, 0.2) is 17.1 Å². The summed E-state index contributed by atoms with van der Waals surface area (Å²) >= 11 is 0. The standard InChI is InChI=1S/C18H26N4O3.HI/c1-19-17(21-10-18(25)5-2-6-18)20-7-8-22-15(23)13-11-3-4-12(9-11)14(13)16(22)24;/h3-4,11-14,25H,2,5-10H2,1H3,(H2,19,20,21);1H. The highest BCUT2D eigenvalue weighted by atomic mass is 127. The van der Waals surface area contributed by atoms with Crippen molar-refractivity contribution in [3.8, 4) is 0 Å². The van der Waals surface area contributed by atoms with Crippen LogP contribution < -0.4 is 10.6 Å². The van der Waals surface area contributed by atoms with E-state index in [-0.39, 0.29) is 59.5 Å². The number of rotatable bonds is 5. The Morgan fingerprint density at radius 1 is 1.23 bits per heavy atom. The number of aliphatic hydroxyl groups is 1. The van der Waals surface area contributed by atoms with Gasteiger partial charge in [-0.2, -0.15) is 0 Å². The van der Waals surface area contributed by atoms with Gasteiger partial charge in [0, 0.05) is 26.7 Å². The second-order valence-corrected chi connectivity index (χ2v) is 7.76. The fourth-order valence-electron chi connectivity index (χ4n) is 4.70. The van der Waals surface area contributed by atoms with Crippen molar-refractivity contribution in [2.75, 3.05) is 26.7 Å². The van der Waals surface area contributed by atoms with E-state index in [1.807, 2.05) is 0 Å². The van der Waals surface area contributed by atoms with Crippen LogP contribution in [-0.4, -0.2) is 60.1 Å². The molecule has 1 saturated heterocycles. The molecule has 26 heavy (non-hydrogen) atoms. The molecule has 144 valence electrons. The lowest BCUT2D eigenvalue weighted by Crippen LogP contribution is -2.51. The smallest absolute Gasteiger partial charge is 0.233 e. The molecular formula is C18H27IN4O3. The first-order chi connectivity index (χ1) is 12.0. The molecule has 3 N–H and O–H groups in total. The molecule has 2 saturated carbocycles. The Morgan fingerprint density at radius 2 is 1.85 bits per heavy atom. The number of imide groups is 1. The summed E-state index contributed by atoms with van der Waals surface area (Å²) in [5.41, 5.74) is -0.623. The summed E-state index contributed by atoms with van der Waals surface area (Å²) in [5.74, 6) is 0.798.